The van der Waals surface area contributed by atoms with Gasteiger partial charge in [-0.15, -0.1) is 0 Å². The van der Waals surface area contributed by atoms with E-state index in [1.807, 2.05) is 0 Å². The highest BCUT2D eigenvalue weighted by atomic mass is 16.6. The van der Waals surface area contributed by atoms with Crippen LogP contribution in [0.1, 0.15) is 37.7 Å². The van der Waals surface area contributed by atoms with Crippen molar-refractivity contribution in [2.24, 2.45) is 0 Å². The van der Waals surface area contributed by atoms with Crippen LogP contribution in [0.4, 0.5) is 0 Å². The van der Waals surface area contributed by atoms with Crippen LogP contribution in [0.25, 0.3) is 6.08 Å². The fourth-order valence-corrected chi connectivity index (χ4v) is 4.11. The summed E-state index contributed by atoms with van der Waals surface area (Å²) in [6.45, 7) is 0. The average Bonchev–Trinajstić information content (AvgIpc) is 2.83. The number of rotatable bonds is 6. The summed E-state index contributed by atoms with van der Waals surface area (Å²) in [6, 6.07) is 4.12. The summed E-state index contributed by atoms with van der Waals surface area (Å²) in [5, 5.41) is 0. The molecule has 2 aliphatic rings. The Morgan fingerprint density at radius 1 is 1.12 bits per heavy atom. The van der Waals surface area contributed by atoms with Crippen LogP contribution in [0.2, 0.25) is 0 Å². The number of piperidine rings is 1. The molecule has 1 aromatic carbocycles. The molecule has 0 aromatic heterocycles. The van der Waals surface area contributed by atoms with Gasteiger partial charge >= 0.3 is 5.97 Å². The Morgan fingerprint density at radius 2 is 1.81 bits per heavy atom. The summed E-state index contributed by atoms with van der Waals surface area (Å²) in [5.41, 5.74) is 0.342. The Morgan fingerprint density at radius 3 is 2.42 bits per heavy atom. The molecule has 0 aliphatic carbocycles. The quantitative estimate of drug-likeness (QED) is 0.573. The van der Waals surface area contributed by atoms with Crippen molar-refractivity contribution < 1.29 is 23.7 Å². The number of hydrogen-bond acceptors (Lipinski definition) is 6. The molecule has 0 saturated carbocycles. The highest BCUT2D eigenvalue weighted by molar-refractivity contribution is 5.87. The van der Waals surface area contributed by atoms with Crippen molar-refractivity contribution in [1.82, 2.24) is 4.90 Å². The first-order valence-electron chi connectivity index (χ1n) is 8.97. The van der Waals surface area contributed by atoms with Gasteiger partial charge in [0.25, 0.3) is 0 Å². The van der Waals surface area contributed by atoms with Crippen LogP contribution in [0.3, 0.4) is 0 Å². The van der Waals surface area contributed by atoms with E-state index >= 15 is 0 Å². The fourth-order valence-electron chi connectivity index (χ4n) is 4.11. The number of nitrogens with zero attached hydrogens (tertiary/aromatic N) is 1. The zero-order valence-electron chi connectivity index (χ0n) is 15.9. The predicted octanol–water partition coefficient (Wildman–Crippen LogP) is 3.24. The topological polar surface area (TPSA) is 57.2 Å². The number of methoxy groups -OCH3 is 3. The maximum Gasteiger partial charge on any atom is 0.332 e. The third kappa shape index (κ3) is 3.38. The van der Waals surface area contributed by atoms with Gasteiger partial charge in [-0.25, -0.2) is 4.79 Å². The van der Waals surface area contributed by atoms with E-state index in [0.717, 1.165) is 31.2 Å². The standard InChI is InChI=1S/C20H27NO5/c1-21-15-6-5-10-20(21,11-9-15)26-18(22)8-7-14-12-16(23-2)19(25-4)17(13-14)24-3/h7-8,12-13,15H,5-6,9-11H2,1-4H3/b8-7+/t15-,20-/m1/s1. The van der Waals surface area contributed by atoms with E-state index in [-0.39, 0.29) is 5.97 Å². The van der Waals surface area contributed by atoms with E-state index in [9.17, 15) is 4.79 Å². The zero-order chi connectivity index (χ0) is 18.7. The van der Waals surface area contributed by atoms with Crippen molar-refractivity contribution in [3.8, 4) is 17.2 Å². The predicted molar refractivity (Wildman–Crippen MR) is 98.6 cm³/mol. The minimum atomic E-state index is -0.431. The lowest BCUT2D eigenvalue weighted by atomic mass is 10.0. The minimum Gasteiger partial charge on any atom is -0.493 e. The third-order valence-corrected chi connectivity index (χ3v) is 5.55. The summed E-state index contributed by atoms with van der Waals surface area (Å²) < 4.78 is 21.9. The second-order valence-corrected chi connectivity index (χ2v) is 6.85. The fraction of sp³-hybridized carbons (Fsp3) is 0.550. The van der Waals surface area contributed by atoms with Gasteiger partial charge in [0.15, 0.2) is 17.2 Å². The van der Waals surface area contributed by atoms with Gasteiger partial charge in [0, 0.05) is 25.0 Å². The SMILES string of the molecule is COc1cc(/C=C/C(=O)O[C@]23CCC[C@H](CC2)N3C)cc(OC)c1OC. The molecular formula is C20H27NO5. The highest BCUT2D eigenvalue weighted by Crippen LogP contribution is 2.44. The van der Waals surface area contributed by atoms with Gasteiger partial charge in [0.2, 0.25) is 5.75 Å². The summed E-state index contributed by atoms with van der Waals surface area (Å²) >= 11 is 0. The van der Waals surface area contributed by atoms with E-state index < -0.39 is 5.72 Å². The molecule has 2 saturated heterocycles. The van der Waals surface area contributed by atoms with Crippen molar-refractivity contribution in [1.29, 1.82) is 0 Å². The molecule has 2 atom stereocenters. The van der Waals surface area contributed by atoms with E-state index in [4.69, 9.17) is 18.9 Å². The lowest BCUT2D eigenvalue weighted by molar-refractivity contribution is -0.179. The van der Waals surface area contributed by atoms with E-state index in [1.54, 1.807) is 39.5 Å². The first-order chi connectivity index (χ1) is 12.5. The third-order valence-electron chi connectivity index (χ3n) is 5.55. The second kappa shape index (κ2) is 7.58. The largest absolute Gasteiger partial charge is 0.493 e. The van der Waals surface area contributed by atoms with Crippen LogP contribution in [-0.2, 0) is 9.53 Å². The molecule has 2 bridgehead atoms. The van der Waals surface area contributed by atoms with Crippen molar-refractivity contribution in [2.75, 3.05) is 28.4 Å². The van der Waals surface area contributed by atoms with Crippen molar-refractivity contribution in [2.45, 2.75) is 43.9 Å². The normalized spacial score (nSPS) is 25.3. The minimum absolute atomic E-state index is 0.326. The van der Waals surface area contributed by atoms with E-state index in [0.29, 0.717) is 23.3 Å². The van der Waals surface area contributed by atoms with Crippen molar-refractivity contribution in [3.05, 3.63) is 23.8 Å². The lowest BCUT2D eigenvalue weighted by Crippen LogP contribution is -2.50. The van der Waals surface area contributed by atoms with Gasteiger partial charge in [-0.3, -0.25) is 4.90 Å². The number of ether oxygens (including phenoxy) is 4. The smallest absolute Gasteiger partial charge is 0.332 e. The number of hydrogen-bond donors (Lipinski definition) is 0. The molecule has 26 heavy (non-hydrogen) atoms. The Hall–Kier alpha value is -2.21. The number of esters is 1. The number of carbonyl (C=O) groups excluding carboxylic acids is 1. The molecule has 0 spiro atoms. The van der Waals surface area contributed by atoms with Crippen LogP contribution in [-0.4, -0.2) is 51.0 Å². The van der Waals surface area contributed by atoms with Crippen LogP contribution in [0, 0.1) is 0 Å². The molecule has 2 fully saturated rings. The maximum absolute atomic E-state index is 12.4. The summed E-state index contributed by atoms with van der Waals surface area (Å²) in [7, 11) is 6.75. The monoisotopic (exact) mass is 361 g/mol. The van der Waals surface area contributed by atoms with Gasteiger partial charge in [-0.1, -0.05) is 0 Å². The molecule has 2 aliphatic heterocycles. The van der Waals surface area contributed by atoms with Crippen LogP contribution >= 0.6 is 0 Å². The molecule has 0 unspecified atom stereocenters. The van der Waals surface area contributed by atoms with Gasteiger partial charge in [0.1, 0.15) is 0 Å². The van der Waals surface area contributed by atoms with Crippen LogP contribution in [0.5, 0.6) is 17.2 Å². The van der Waals surface area contributed by atoms with Gasteiger partial charge in [0.05, 0.1) is 21.3 Å². The first-order valence-corrected chi connectivity index (χ1v) is 8.97. The van der Waals surface area contributed by atoms with Crippen LogP contribution < -0.4 is 14.2 Å². The van der Waals surface area contributed by atoms with Crippen molar-refractivity contribution in [3.63, 3.8) is 0 Å². The molecule has 0 radical (unpaired) electrons. The number of carbonyl (C=O) groups is 1. The van der Waals surface area contributed by atoms with Crippen LogP contribution in [0.15, 0.2) is 18.2 Å². The Kier molecular flexibility index (Phi) is 5.41. The Bertz CT molecular complexity index is 672. The summed E-state index contributed by atoms with van der Waals surface area (Å²) in [5.74, 6) is 1.29. The average molecular weight is 361 g/mol. The molecule has 6 nitrogen and oxygen atoms in total. The maximum atomic E-state index is 12.4. The molecule has 2 heterocycles. The first kappa shape index (κ1) is 18.6. The Labute approximate surface area is 154 Å². The van der Waals surface area contributed by atoms with E-state index in [1.165, 1.54) is 12.5 Å². The molecule has 3 rings (SSSR count). The number of benzene rings is 1. The summed E-state index contributed by atoms with van der Waals surface area (Å²) in [4.78, 5) is 14.7. The van der Waals surface area contributed by atoms with Gasteiger partial charge in [-0.2, -0.15) is 0 Å². The molecule has 0 N–H and O–H groups in total. The van der Waals surface area contributed by atoms with Gasteiger partial charge in [-0.05, 0) is 50.1 Å². The zero-order valence-corrected chi connectivity index (χ0v) is 15.9. The van der Waals surface area contributed by atoms with E-state index in [2.05, 4.69) is 11.9 Å². The number of fused-ring (bicyclic) bond motifs is 2. The van der Waals surface area contributed by atoms with Gasteiger partial charge < -0.3 is 18.9 Å². The highest BCUT2D eigenvalue weighted by Gasteiger charge is 2.49. The Balaban J connectivity index is 1.74. The molecule has 142 valence electrons. The molecular weight excluding hydrogens is 334 g/mol. The van der Waals surface area contributed by atoms with Crippen molar-refractivity contribution >= 4 is 12.0 Å². The molecule has 1 aromatic rings. The lowest BCUT2D eigenvalue weighted by Gasteiger charge is -2.41. The molecule has 0 amide bonds. The second-order valence-electron chi connectivity index (χ2n) is 6.85. The molecule has 6 heteroatoms. The summed E-state index contributed by atoms with van der Waals surface area (Å²) in [6.07, 6.45) is 8.39.